The van der Waals surface area contributed by atoms with Crippen LogP contribution in [0.3, 0.4) is 0 Å². The van der Waals surface area contributed by atoms with Gasteiger partial charge in [-0.3, -0.25) is 25.0 Å². The average Bonchev–Trinajstić information content (AvgIpc) is 3.30. The highest BCUT2D eigenvalue weighted by atomic mass is 19.3. The summed E-state index contributed by atoms with van der Waals surface area (Å²) in [5.41, 5.74) is 7.74. The SMILES string of the molecule is COc1cc(OCCN2CC(CF)C2)ccc1[C@@H]1C2CCC3NNCC3C2C[C@@H](C)N1CC(F)F. The lowest BCUT2D eigenvalue weighted by Crippen LogP contribution is -2.55. The molecule has 3 aliphatic heterocycles. The first-order valence-electron chi connectivity index (χ1n) is 13.1. The molecule has 6 atom stereocenters. The summed E-state index contributed by atoms with van der Waals surface area (Å²) in [4.78, 5) is 4.20. The maximum atomic E-state index is 13.7. The molecule has 0 bridgehead atoms. The zero-order valence-corrected chi connectivity index (χ0v) is 20.8. The number of fused-ring (bicyclic) bond motifs is 3. The van der Waals surface area contributed by atoms with Crippen LogP contribution < -0.4 is 20.3 Å². The van der Waals surface area contributed by atoms with Crippen molar-refractivity contribution in [3.05, 3.63) is 23.8 Å². The zero-order chi connectivity index (χ0) is 24.5. The molecule has 3 heterocycles. The van der Waals surface area contributed by atoms with Crippen molar-refractivity contribution >= 4 is 0 Å². The van der Waals surface area contributed by atoms with Crippen molar-refractivity contribution in [2.45, 2.75) is 50.7 Å². The molecule has 4 aliphatic rings. The number of halogens is 3. The van der Waals surface area contributed by atoms with Gasteiger partial charge in [-0.1, -0.05) is 6.07 Å². The van der Waals surface area contributed by atoms with Crippen LogP contribution in [0.5, 0.6) is 11.5 Å². The topological polar surface area (TPSA) is 49.0 Å². The number of likely N-dealkylation sites (tertiary alicyclic amines) is 2. The van der Waals surface area contributed by atoms with E-state index in [0.717, 1.165) is 51.0 Å². The fourth-order valence-electron chi connectivity index (χ4n) is 7.13. The van der Waals surface area contributed by atoms with Gasteiger partial charge in [-0.25, -0.2) is 8.78 Å². The van der Waals surface area contributed by atoms with Crippen LogP contribution in [0.15, 0.2) is 18.2 Å². The molecule has 6 nitrogen and oxygen atoms in total. The Bertz CT molecular complexity index is 856. The molecule has 35 heavy (non-hydrogen) atoms. The number of benzene rings is 1. The molecule has 196 valence electrons. The number of hydrazine groups is 1. The number of piperidine rings is 1. The predicted octanol–water partition coefficient (Wildman–Crippen LogP) is 3.49. The number of hydrogen-bond acceptors (Lipinski definition) is 6. The molecule has 2 N–H and O–H groups in total. The lowest BCUT2D eigenvalue weighted by atomic mass is 9.62. The number of ether oxygens (including phenoxy) is 2. The normalized spacial score (nSPS) is 33.9. The van der Waals surface area contributed by atoms with Gasteiger partial charge in [0.15, 0.2) is 0 Å². The van der Waals surface area contributed by atoms with Crippen LogP contribution in [0, 0.1) is 23.7 Å². The van der Waals surface area contributed by atoms with E-state index >= 15 is 0 Å². The molecule has 0 spiro atoms. The Labute approximate surface area is 206 Å². The molecule has 4 fully saturated rings. The lowest BCUT2D eigenvalue weighted by molar-refractivity contribution is -0.0616. The summed E-state index contributed by atoms with van der Waals surface area (Å²) in [6.07, 6.45) is 0.626. The molecule has 1 aromatic rings. The third-order valence-corrected chi connectivity index (χ3v) is 8.79. The molecule has 5 rings (SSSR count). The molecular formula is C26H39F3N4O2. The van der Waals surface area contributed by atoms with Gasteiger partial charge in [0.05, 0.1) is 20.3 Å². The minimum atomic E-state index is -2.38. The first-order chi connectivity index (χ1) is 17.0. The Balaban J connectivity index is 1.35. The zero-order valence-electron chi connectivity index (χ0n) is 20.8. The van der Waals surface area contributed by atoms with Crippen molar-refractivity contribution in [1.29, 1.82) is 0 Å². The van der Waals surface area contributed by atoms with Crippen LogP contribution in [-0.2, 0) is 0 Å². The number of alkyl halides is 3. The third-order valence-electron chi connectivity index (χ3n) is 8.79. The molecule has 1 aromatic carbocycles. The Morgan fingerprint density at radius 3 is 2.71 bits per heavy atom. The minimum absolute atomic E-state index is 0.0694. The highest BCUT2D eigenvalue weighted by Crippen LogP contribution is 2.53. The molecule has 0 aromatic heterocycles. The number of nitrogens with zero attached hydrogens (tertiary/aromatic N) is 2. The summed E-state index contributed by atoms with van der Waals surface area (Å²) in [5, 5.41) is 0. The monoisotopic (exact) mass is 496 g/mol. The van der Waals surface area contributed by atoms with Gasteiger partial charge in [0.25, 0.3) is 6.43 Å². The third kappa shape index (κ3) is 5.15. The first kappa shape index (κ1) is 25.1. The van der Waals surface area contributed by atoms with Gasteiger partial charge < -0.3 is 9.47 Å². The highest BCUT2D eigenvalue weighted by molar-refractivity contribution is 5.43. The molecule has 4 unspecified atom stereocenters. The molecule has 1 saturated carbocycles. The van der Waals surface area contributed by atoms with E-state index in [1.54, 1.807) is 7.11 Å². The van der Waals surface area contributed by atoms with Crippen LogP contribution in [-0.4, -0.2) is 81.4 Å². The van der Waals surface area contributed by atoms with Gasteiger partial charge in [0, 0.05) is 61.9 Å². The number of rotatable bonds is 9. The van der Waals surface area contributed by atoms with Crippen molar-refractivity contribution in [3.63, 3.8) is 0 Å². The molecule has 9 heteroatoms. The second kappa shape index (κ2) is 10.8. The number of nitrogens with one attached hydrogen (secondary N) is 2. The van der Waals surface area contributed by atoms with E-state index < -0.39 is 6.43 Å². The van der Waals surface area contributed by atoms with E-state index in [1.807, 2.05) is 23.1 Å². The van der Waals surface area contributed by atoms with E-state index in [-0.39, 0.29) is 31.2 Å². The summed E-state index contributed by atoms with van der Waals surface area (Å²) in [6, 6.07) is 6.29. The molecular weight excluding hydrogens is 457 g/mol. The predicted molar refractivity (Wildman–Crippen MR) is 129 cm³/mol. The van der Waals surface area contributed by atoms with Crippen LogP contribution in [0.1, 0.15) is 37.8 Å². The van der Waals surface area contributed by atoms with Crippen LogP contribution in [0.25, 0.3) is 0 Å². The Morgan fingerprint density at radius 1 is 1.14 bits per heavy atom. The standard InChI is InChI=1S/C26H39F3N4O2/c1-16-9-21-19(5-6-23-22(21)12-30-31-23)26(33(16)15-25(28)29)20-4-3-18(10-24(20)34-2)35-8-7-32-13-17(11-27)14-32/h3-4,10,16-17,19,21-23,25-26,30-31H,5-9,11-15H2,1-2H3/t16-,19?,21?,22?,23?,26+/m1/s1. The Morgan fingerprint density at radius 2 is 1.97 bits per heavy atom. The van der Waals surface area contributed by atoms with Gasteiger partial charge in [0.2, 0.25) is 0 Å². The summed E-state index contributed by atoms with van der Waals surface area (Å²) >= 11 is 0. The van der Waals surface area contributed by atoms with Gasteiger partial charge in [-0.15, -0.1) is 0 Å². The highest BCUT2D eigenvalue weighted by Gasteiger charge is 2.51. The second-order valence-corrected chi connectivity index (χ2v) is 10.9. The minimum Gasteiger partial charge on any atom is -0.496 e. The van der Waals surface area contributed by atoms with Crippen LogP contribution >= 0.6 is 0 Å². The van der Waals surface area contributed by atoms with Crippen molar-refractivity contribution in [2.24, 2.45) is 23.7 Å². The molecule has 1 aliphatic carbocycles. The fourth-order valence-corrected chi connectivity index (χ4v) is 7.13. The quantitative estimate of drug-likeness (QED) is 0.546. The lowest BCUT2D eigenvalue weighted by Gasteiger charge is -2.54. The summed E-state index contributed by atoms with van der Waals surface area (Å²) in [6.45, 7) is 5.41. The Kier molecular flexibility index (Phi) is 7.77. The second-order valence-electron chi connectivity index (χ2n) is 10.9. The van der Waals surface area contributed by atoms with Crippen molar-refractivity contribution in [2.75, 3.05) is 53.1 Å². The molecule has 3 saturated heterocycles. The number of hydrogen-bond donors (Lipinski definition) is 2. The summed E-state index contributed by atoms with van der Waals surface area (Å²) in [7, 11) is 1.64. The molecule has 0 radical (unpaired) electrons. The van der Waals surface area contributed by atoms with Gasteiger partial charge in [-0.05, 0) is 50.0 Å². The molecule has 0 amide bonds. The number of methoxy groups -OCH3 is 1. The largest absolute Gasteiger partial charge is 0.496 e. The van der Waals surface area contributed by atoms with Crippen LogP contribution in [0.2, 0.25) is 0 Å². The first-order valence-corrected chi connectivity index (χ1v) is 13.1. The van der Waals surface area contributed by atoms with Crippen LogP contribution in [0.4, 0.5) is 13.2 Å². The maximum Gasteiger partial charge on any atom is 0.251 e. The van der Waals surface area contributed by atoms with Gasteiger partial charge in [0.1, 0.15) is 18.1 Å². The van der Waals surface area contributed by atoms with E-state index in [9.17, 15) is 13.2 Å². The van der Waals surface area contributed by atoms with Crippen molar-refractivity contribution in [3.8, 4) is 11.5 Å². The fraction of sp³-hybridized carbons (Fsp3) is 0.769. The maximum absolute atomic E-state index is 13.7. The average molecular weight is 497 g/mol. The van der Waals surface area contributed by atoms with E-state index in [1.165, 1.54) is 0 Å². The Hall–Kier alpha value is -1.55. The smallest absolute Gasteiger partial charge is 0.251 e. The van der Waals surface area contributed by atoms with Gasteiger partial charge >= 0.3 is 0 Å². The van der Waals surface area contributed by atoms with Crippen molar-refractivity contribution < 1.29 is 22.6 Å². The van der Waals surface area contributed by atoms with E-state index in [2.05, 4.69) is 22.7 Å². The van der Waals surface area contributed by atoms with Crippen molar-refractivity contribution in [1.82, 2.24) is 20.7 Å². The van der Waals surface area contributed by atoms with Gasteiger partial charge in [-0.2, -0.15) is 0 Å². The summed E-state index contributed by atoms with van der Waals surface area (Å²) in [5.74, 6) is 2.89. The van der Waals surface area contributed by atoms with E-state index in [0.29, 0.717) is 41.9 Å². The van der Waals surface area contributed by atoms with E-state index in [4.69, 9.17) is 9.47 Å². The summed E-state index contributed by atoms with van der Waals surface area (Å²) < 4.78 is 51.9.